The Balaban J connectivity index is 1.40. The summed E-state index contributed by atoms with van der Waals surface area (Å²) in [5.41, 5.74) is 3.17. The van der Waals surface area contributed by atoms with Crippen LogP contribution >= 0.6 is 0 Å². The van der Waals surface area contributed by atoms with E-state index < -0.39 is 0 Å². The molecule has 1 saturated heterocycles. The Bertz CT molecular complexity index is 929. The molecule has 0 spiro atoms. The average molecular weight is 353 g/mol. The van der Waals surface area contributed by atoms with Crippen molar-refractivity contribution in [2.45, 2.75) is 32.8 Å². The van der Waals surface area contributed by atoms with Gasteiger partial charge in [0.05, 0.1) is 6.42 Å². The number of aromatic amines is 2. The van der Waals surface area contributed by atoms with E-state index in [1.54, 1.807) is 0 Å². The molecule has 0 aliphatic carbocycles. The number of H-pyrrole nitrogens is 2. The van der Waals surface area contributed by atoms with Gasteiger partial charge in [-0.15, -0.1) is 0 Å². The van der Waals surface area contributed by atoms with E-state index in [1.807, 2.05) is 38.1 Å². The van der Waals surface area contributed by atoms with E-state index >= 15 is 0 Å². The minimum atomic E-state index is -0.157. The minimum absolute atomic E-state index is 0.0228. The number of ether oxygens (including phenoxy) is 1. The van der Waals surface area contributed by atoms with Gasteiger partial charge in [-0.3, -0.25) is 9.89 Å². The number of carbonyl (C=O) groups is 1. The van der Waals surface area contributed by atoms with Crippen molar-refractivity contribution in [2.24, 2.45) is 5.92 Å². The molecule has 1 aliphatic heterocycles. The molecule has 1 aromatic carbocycles. The van der Waals surface area contributed by atoms with Gasteiger partial charge in [0.1, 0.15) is 11.9 Å². The van der Waals surface area contributed by atoms with Crippen LogP contribution in [0.15, 0.2) is 24.3 Å². The standard InChI is InChI=1S/C19H23N5O2/c1-11-15(14-5-3-4-6-16(14)21-11)9-17(25)20-10-13-7-8-26-18(13)19-22-12(2)23-24-19/h3-6,13,18,21H,7-10H2,1-2H3,(H,20,25)(H,22,23,24)/t13-,18-/m0/s1. The highest BCUT2D eigenvalue weighted by molar-refractivity contribution is 5.90. The Morgan fingerprint density at radius 1 is 1.35 bits per heavy atom. The average Bonchev–Trinajstić information content (AvgIpc) is 3.33. The van der Waals surface area contributed by atoms with Crippen LogP contribution in [0.5, 0.6) is 0 Å². The second-order valence-electron chi connectivity index (χ2n) is 6.87. The van der Waals surface area contributed by atoms with Crippen LogP contribution < -0.4 is 5.32 Å². The van der Waals surface area contributed by atoms with E-state index in [1.165, 1.54) is 0 Å². The summed E-state index contributed by atoms with van der Waals surface area (Å²) in [5.74, 6) is 1.66. The maximum absolute atomic E-state index is 12.5. The largest absolute Gasteiger partial charge is 0.370 e. The summed E-state index contributed by atoms with van der Waals surface area (Å²) in [7, 11) is 0. The van der Waals surface area contributed by atoms with Gasteiger partial charge in [0.15, 0.2) is 5.82 Å². The van der Waals surface area contributed by atoms with Crippen molar-refractivity contribution in [1.82, 2.24) is 25.5 Å². The summed E-state index contributed by atoms with van der Waals surface area (Å²) >= 11 is 0. The maximum Gasteiger partial charge on any atom is 0.224 e. The van der Waals surface area contributed by atoms with Crippen LogP contribution in [0, 0.1) is 19.8 Å². The van der Waals surface area contributed by atoms with Crippen molar-refractivity contribution in [3.63, 3.8) is 0 Å². The number of para-hydroxylation sites is 1. The Morgan fingerprint density at radius 2 is 2.19 bits per heavy atom. The van der Waals surface area contributed by atoms with Crippen LogP contribution in [-0.4, -0.2) is 39.2 Å². The maximum atomic E-state index is 12.5. The molecule has 0 unspecified atom stereocenters. The van der Waals surface area contributed by atoms with E-state index in [4.69, 9.17) is 4.74 Å². The van der Waals surface area contributed by atoms with Gasteiger partial charge in [-0.05, 0) is 31.9 Å². The fourth-order valence-corrected chi connectivity index (χ4v) is 3.65. The predicted molar refractivity (Wildman–Crippen MR) is 97.7 cm³/mol. The van der Waals surface area contributed by atoms with E-state index in [0.717, 1.165) is 34.4 Å². The first-order valence-electron chi connectivity index (χ1n) is 8.95. The van der Waals surface area contributed by atoms with Gasteiger partial charge >= 0.3 is 0 Å². The van der Waals surface area contributed by atoms with Crippen molar-refractivity contribution in [1.29, 1.82) is 0 Å². The van der Waals surface area contributed by atoms with Gasteiger partial charge in [-0.25, -0.2) is 4.98 Å². The van der Waals surface area contributed by atoms with Crippen LogP contribution in [0.3, 0.4) is 0 Å². The first-order chi connectivity index (χ1) is 12.6. The van der Waals surface area contributed by atoms with Crippen LogP contribution in [0.4, 0.5) is 0 Å². The number of aromatic nitrogens is 4. The third-order valence-corrected chi connectivity index (χ3v) is 5.01. The molecule has 26 heavy (non-hydrogen) atoms. The first kappa shape index (κ1) is 16.8. The lowest BCUT2D eigenvalue weighted by Crippen LogP contribution is -2.32. The summed E-state index contributed by atoms with van der Waals surface area (Å²) < 4.78 is 5.78. The van der Waals surface area contributed by atoms with Crippen molar-refractivity contribution in [2.75, 3.05) is 13.2 Å². The highest BCUT2D eigenvalue weighted by Gasteiger charge is 2.32. The summed E-state index contributed by atoms with van der Waals surface area (Å²) in [6.07, 6.45) is 1.11. The Morgan fingerprint density at radius 3 is 3.00 bits per heavy atom. The lowest BCUT2D eigenvalue weighted by atomic mass is 10.0. The fraction of sp³-hybridized carbons (Fsp3) is 0.421. The zero-order valence-corrected chi connectivity index (χ0v) is 15.0. The van der Waals surface area contributed by atoms with Gasteiger partial charge in [0.25, 0.3) is 0 Å². The SMILES string of the molecule is Cc1nc([C@H]2OCC[C@H]2CNC(=O)Cc2c(C)[nH]c3ccccc23)n[nH]1. The number of carbonyl (C=O) groups excluding carboxylic acids is 1. The van der Waals surface area contributed by atoms with Crippen LogP contribution in [0.1, 0.15) is 35.4 Å². The highest BCUT2D eigenvalue weighted by Crippen LogP contribution is 2.32. The van der Waals surface area contributed by atoms with Gasteiger partial charge in [0, 0.05) is 35.7 Å². The van der Waals surface area contributed by atoms with E-state index in [0.29, 0.717) is 25.4 Å². The van der Waals surface area contributed by atoms with Gasteiger partial charge < -0.3 is 15.0 Å². The number of fused-ring (bicyclic) bond motifs is 1. The molecule has 0 saturated carbocycles. The van der Waals surface area contributed by atoms with E-state index in [2.05, 4.69) is 25.5 Å². The molecule has 0 bridgehead atoms. The minimum Gasteiger partial charge on any atom is -0.370 e. The lowest BCUT2D eigenvalue weighted by Gasteiger charge is -2.16. The normalized spacial score (nSPS) is 19.9. The number of nitrogens with zero attached hydrogens (tertiary/aromatic N) is 2. The molecular weight excluding hydrogens is 330 g/mol. The Labute approximate surface area is 151 Å². The van der Waals surface area contributed by atoms with E-state index in [-0.39, 0.29) is 17.9 Å². The first-order valence-corrected chi connectivity index (χ1v) is 8.95. The zero-order chi connectivity index (χ0) is 18.1. The molecule has 4 rings (SSSR count). The zero-order valence-electron chi connectivity index (χ0n) is 15.0. The molecule has 2 aromatic heterocycles. The van der Waals surface area contributed by atoms with Crippen LogP contribution in [0.25, 0.3) is 10.9 Å². The molecule has 2 atom stereocenters. The third-order valence-electron chi connectivity index (χ3n) is 5.01. The summed E-state index contributed by atoms with van der Waals surface area (Å²) in [6.45, 7) is 5.11. The number of hydrogen-bond donors (Lipinski definition) is 3. The smallest absolute Gasteiger partial charge is 0.224 e. The molecule has 1 amide bonds. The summed E-state index contributed by atoms with van der Waals surface area (Å²) in [5, 5.41) is 11.2. The molecule has 136 valence electrons. The molecule has 1 fully saturated rings. The number of benzene rings is 1. The summed E-state index contributed by atoms with van der Waals surface area (Å²) in [6, 6.07) is 8.07. The number of hydrogen-bond acceptors (Lipinski definition) is 4. The quantitative estimate of drug-likeness (QED) is 0.656. The Hall–Kier alpha value is -2.67. The predicted octanol–water partition coefficient (Wildman–Crippen LogP) is 2.34. The molecule has 3 aromatic rings. The molecule has 3 N–H and O–H groups in total. The monoisotopic (exact) mass is 353 g/mol. The van der Waals surface area contributed by atoms with Crippen molar-refractivity contribution in [3.8, 4) is 0 Å². The van der Waals surface area contributed by atoms with Gasteiger partial charge in [-0.1, -0.05) is 18.2 Å². The van der Waals surface area contributed by atoms with Gasteiger partial charge in [0.2, 0.25) is 5.91 Å². The fourth-order valence-electron chi connectivity index (χ4n) is 3.65. The lowest BCUT2D eigenvalue weighted by molar-refractivity contribution is -0.120. The second kappa shape index (κ2) is 6.92. The number of amides is 1. The summed E-state index contributed by atoms with van der Waals surface area (Å²) in [4.78, 5) is 20.2. The molecular formula is C19H23N5O2. The van der Waals surface area contributed by atoms with Gasteiger partial charge in [-0.2, -0.15) is 5.10 Å². The van der Waals surface area contributed by atoms with Crippen LogP contribution in [-0.2, 0) is 16.0 Å². The number of rotatable bonds is 5. The molecule has 7 nitrogen and oxygen atoms in total. The Kier molecular flexibility index (Phi) is 4.46. The second-order valence-corrected chi connectivity index (χ2v) is 6.87. The van der Waals surface area contributed by atoms with Crippen molar-refractivity contribution in [3.05, 3.63) is 47.2 Å². The van der Waals surface area contributed by atoms with Crippen LogP contribution in [0.2, 0.25) is 0 Å². The number of aryl methyl sites for hydroxylation is 2. The molecule has 1 aliphatic rings. The topological polar surface area (TPSA) is 95.7 Å². The third kappa shape index (κ3) is 3.22. The highest BCUT2D eigenvalue weighted by atomic mass is 16.5. The van der Waals surface area contributed by atoms with E-state index in [9.17, 15) is 4.79 Å². The molecule has 3 heterocycles. The molecule has 0 radical (unpaired) electrons. The van der Waals surface area contributed by atoms with Crippen molar-refractivity contribution >= 4 is 16.8 Å². The molecule has 7 heteroatoms. The number of nitrogens with one attached hydrogen (secondary N) is 3. The van der Waals surface area contributed by atoms with Crippen molar-refractivity contribution < 1.29 is 9.53 Å².